The Morgan fingerprint density at radius 2 is 1.78 bits per heavy atom. The Morgan fingerprint density at radius 3 is 2.50 bits per heavy atom. The Morgan fingerprint density at radius 1 is 1.03 bits per heavy atom. The first kappa shape index (κ1) is 22.2. The van der Waals surface area contributed by atoms with Crippen molar-refractivity contribution < 1.29 is 18.4 Å². The molecule has 2 aliphatic heterocycles. The average Bonchev–Trinajstić information content (AvgIpc) is 3.19. The van der Waals surface area contributed by atoms with Crippen LogP contribution in [0.4, 0.5) is 20.2 Å². The lowest BCUT2D eigenvalue weighted by Crippen LogP contribution is -2.47. The number of nitrogens with one attached hydrogen (secondary N) is 1. The number of hydrogen-bond donors (Lipinski definition) is 1. The van der Waals surface area contributed by atoms with Gasteiger partial charge in [0.05, 0.1) is 11.6 Å². The van der Waals surface area contributed by atoms with E-state index in [0.717, 1.165) is 51.3 Å². The van der Waals surface area contributed by atoms with Crippen molar-refractivity contribution >= 4 is 23.2 Å². The van der Waals surface area contributed by atoms with Gasteiger partial charge in [0.2, 0.25) is 11.8 Å². The molecular formula is C24H28F2N4O2. The Kier molecular flexibility index (Phi) is 6.99. The van der Waals surface area contributed by atoms with Crippen LogP contribution in [0.1, 0.15) is 12.8 Å². The van der Waals surface area contributed by atoms with Gasteiger partial charge < -0.3 is 15.1 Å². The lowest BCUT2D eigenvalue weighted by molar-refractivity contribution is -0.126. The summed E-state index contributed by atoms with van der Waals surface area (Å²) in [4.78, 5) is 30.8. The van der Waals surface area contributed by atoms with Gasteiger partial charge in [-0.3, -0.25) is 14.5 Å². The van der Waals surface area contributed by atoms with Gasteiger partial charge in [0, 0.05) is 57.4 Å². The number of anilines is 2. The van der Waals surface area contributed by atoms with Gasteiger partial charge in [-0.15, -0.1) is 0 Å². The van der Waals surface area contributed by atoms with Crippen LogP contribution in [-0.4, -0.2) is 62.5 Å². The zero-order valence-electron chi connectivity index (χ0n) is 18.0. The van der Waals surface area contributed by atoms with E-state index in [0.29, 0.717) is 6.54 Å². The molecule has 0 aromatic heterocycles. The number of nitrogens with zero attached hydrogens (tertiary/aromatic N) is 3. The zero-order valence-corrected chi connectivity index (χ0v) is 18.0. The van der Waals surface area contributed by atoms with E-state index in [-0.39, 0.29) is 30.5 Å². The number of para-hydroxylation sites is 1. The van der Waals surface area contributed by atoms with Gasteiger partial charge in [-0.2, -0.15) is 0 Å². The first-order valence-electron chi connectivity index (χ1n) is 11.1. The highest BCUT2D eigenvalue weighted by molar-refractivity contribution is 6.00. The van der Waals surface area contributed by atoms with E-state index >= 15 is 0 Å². The first-order valence-corrected chi connectivity index (χ1v) is 11.1. The number of carbonyl (C=O) groups excluding carboxylic acids is 2. The van der Waals surface area contributed by atoms with Gasteiger partial charge in [-0.05, 0) is 37.2 Å². The second-order valence-electron chi connectivity index (χ2n) is 8.31. The maximum Gasteiger partial charge on any atom is 0.227 e. The fourth-order valence-electron chi connectivity index (χ4n) is 4.34. The number of piperazine rings is 1. The molecular weight excluding hydrogens is 414 g/mol. The largest absolute Gasteiger partial charge is 0.369 e. The van der Waals surface area contributed by atoms with Gasteiger partial charge >= 0.3 is 0 Å². The molecule has 32 heavy (non-hydrogen) atoms. The van der Waals surface area contributed by atoms with Gasteiger partial charge in [0.15, 0.2) is 0 Å². The number of rotatable bonds is 7. The Balaban J connectivity index is 1.17. The van der Waals surface area contributed by atoms with Crippen LogP contribution in [0.25, 0.3) is 0 Å². The predicted octanol–water partition coefficient (Wildman–Crippen LogP) is 2.65. The summed E-state index contributed by atoms with van der Waals surface area (Å²) < 4.78 is 27.1. The van der Waals surface area contributed by atoms with Gasteiger partial charge in [0.1, 0.15) is 11.6 Å². The Labute approximate surface area is 186 Å². The molecule has 2 saturated heterocycles. The van der Waals surface area contributed by atoms with E-state index in [1.54, 1.807) is 0 Å². The maximum atomic E-state index is 14.0. The molecule has 2 aromatic rings. The molecule has 2 aliphatic rings. The minimum atomic E-state index is -0.799. The summed E-state index contributed by atoms with van der Waals surface area (Å²) in [7, 11) is 0. The molecule has 6 nitrogen and oxygen atoms in total. The molecule has 170 valence electrons. The Hall–Kier alpha value is -3.00. The summed E-state index contributed by atoms with van der Waals surface area (Å²) >= 11 is 0. The SMILES string of the molecule is O=C(NCCCN1CCN(c2ccccc2)CC1)C1CC(=O)N(c2ccc(F)cc2F)C1. The molecule has 0 bridgehead atoms. The summed E-state index contributed by atoms with van der Waals surface area (Å²) in [6, 6.07) is 13.5. The normalized spacial score (nSPS) is 19.4. The third-order valence-electron chi connectivity index (χ3n) is 6.14. The lowest BCUT2D eigenvalue weighted by atomic mass is 10.1. The van der Waals surface area contributed by atoms with Crippen LogP contribution in [0, 0.1) is 17.6 Å². The molecule has 2 heterocycles. The quantitative estimate of drug-likeness (QED) is 0.670. The van der Waals surface area contributed by atoms with Crippen molar-refractivity contribution in [3.63, 3.8) is 0 Å². The number of halogens is 2. The number of hydrogen-bond acceptors (Lipinski definition) is 4. The summed E-state index contributed by atoms with van der Waals surface area (Å²) in [5, 5.41) is 2.91. The molecule has 0 aliphatic carbocycles. The standard InChI is InChI=1S/C24H28F2N4O2/c25-19-7-8-22(21(26)16-19)30-17-18(15-23(30)31)24(32)27-9-4-10-28-11-13-29(14-12-28)20-5-2-1-3-6-20/h1-3,5-8,16,18H,4,9-15,17H2,(H,27,32). The second-order valence-corrected chi connectivity index (χ2v) is 8.31. The monoisotopic (exact) mass is 442 g/mol. The summed E-state index contributed by atoms with van der Waals surface area (Å²) in [6.07, 6.45) is 0.859. The van der Waals surface area contributed by atoms with E-state index in [2.05, 4.69) is 39.4 Å². The van der Waals surface area contributed by atoms with Crippen molar-refractivity contribution in [2.24, 2.45) is 5.92 Å². The van der Waals surface area contributed by atoms with E-state index in [1.807, 2.05) is 6.07 Å². The second kappa shape index (κ2) is 10.1. The average molecular weight is 443 g/mol. The van der Waals surface area contributed by atoms with E-state index in [9.17, 15) is 18.4 Å². The molecule has 0 spiro atoms. The highest BCUT2D eigenvalue weighted by Crippen LogP contribution is 2.28. The van der Waals surface area contributed by atoms with E-state index in [1.165, 1.54) is 16.7 Å². The molecule has 1 atom stereocenters. The van der Waals surface area contributed by atoms with Crippen LogP contribution in [-0.2, 0) is 9.59 Å². The fourth-order valence-corrected chi connectivity index (χ4v) is 4.34. The summed E-state index contributed by atoms with van der Waals surface area (Å²) in [5.74, 6) is -2.55. The minimum absolute atomic E-state index is 0.0151. The topological polar surface area (TPSA) is 55.9 Å². The van der Waals surface area contributed by atoms with Crippen LogP contribution in [0.3, 0.4) is 0 Å². The van der Waals surface area contributed by atoms with Crippen molar-refractivity contribution in [1.29, 1.82) is 0 Å². The van der Waals surface area contributed by atoms with Crippen molar-refractivity contribution in [2.45, 2.75) is 12.8 Å². The van der Waals surface area contributed by atoms with Crippen molar-refractivity contribution in [3.05, 3.63) is 60.2 Å². The first-order chi connectivity index (χ1) is 15.5. The molecule has 1 N–H and O–H groups in total. The molecule has 2 fully saturated rings. The molecule has 2 amide bonds. The molecule has 8 heteroatoms. The van der Waals surface area contributed by atoms with Crippen LogP contribution in [0.5, 0.6) is 0 Å². The highest BCUT2D eigenvalue weighted by Gasteiger charge is 2.36. The zero-order chi connectivity index (χ0) is 22.5. The highest BCUT2D eigenvalue weighted by atomic mass is 19.1. The predicted molar refractivity (Wildman–Crippen MR) is 120 cm³/mol. The summed E-state index contributed by atoms with van der Waals surface area (Å²) in [5.41, 5.74) is 1.27. The van der Waals surface area contributed by atoms with Crippen molar-refractivity contribution in [3.8, 4) is 0 Å². The summed E-state index contributed by atoms with van der Waals surface area (Å²) in [6.45, 7) is 5.48. The van der Waals surface area contributed by atoms with Crippen LogP contribution in [0.2, 0.25) is 0 Å². The van der Waals surface area contributed by atoms with E-state index in [4.69, 9.17) is 0 Å². The molecule has 4 rings (SSSR count). The third kappa shape index (κ3) is 5.24. The molecule has 1 unspecified atom stereocenters. The van der Waals surface area contributed by atoms with Gasteiger partial charge in [-0.25, -0.2) is 8.78 Å². The van der Waals surface area contributed by atoms with E-state index < -0.39 is 17.6 Å². The van der Waals surface area contributed by atoms with Crippen LogP contribution >= 0.6 is 0 Å². The molecule has 2 aromatic carbocycles. The maximum absolute atomic E-state index is 14.0. The smallest absolute Gasteiger partial charge is 0.227 e. The number of carbonyl (C=O) groups is 2. The number of benzene rings is 2. The lowest BCUT2D eigenvalue weighted by Gasteiger charge is -2.36. The Bertz CT molecular complexity index is 948. The van der Waals surface area contributed by atoms with Crippen LogP contribution < -0.4 is 15.1 Å². The fraction of sp³-hybridized carbons (Fsp3) is 0.417. The van der Waals surface area contributed by atoms with Gasteiger partial charge in [-0.1, -0.05) is 18.2 Å². The van der Waals surface area contributed by atoms with Crippen molar-refractivity contribution in [1.82, 2.24) is 10.2 Å². The van der Waals surface area contributed by atoms with Crippen LogP contribution in [0.15, 0.2) is 48.5 Å². The van der Waals surface area contributed by atoms with Gasteiger partial charge in [0.25, 0.3) is 0 Å². The molecule has 0 radical (unpaired) electrons. The third-order valence-corrected chi connectivity index (χ3v) is 6.14. The molecule has 0 saturated carbocycles. The number of amides is 2. The van der Waals surface area contributed by atoms with Crippen molar-refractivity contribution in [2.75, 3.05) is 55.6 Å². The minimum Gasteiger partial charge on any atom is -0.369 e.